The number of hydrogen-bond acceptors (Lipinski definition) is 5. The molecule has 6 nitrogen and oxygen atoms in total. The maximum atomic E-state index is 12.9. The number of benzene rings is 3. The molecule has 3 aromatic rings. The zero-order chi connectivity index (χ0) is 21.1. The molecule has 0 unspecified atom stereocenters. The molecule has 0 atom stereocenters. The van der Waals surface area contributed by atoms with Crippen LogP contribution >= 0.6 is 0 Å². The second kappa shape index (κ2) is 8.26. The molecule has 0 radical (unpaired) electrons. The summed E-state index contributed by atoms with van der Waals surface area (Å²) in [6.45, 7) is 1.86. The van der Waals surface area contributed by atoms with Gasteiger partial charge in [0.1, 0.15) is 10.6 Å². The third-order valence-corrected chi connectivity index (χ3v) is 7.38. The summed E-state index contributed by atoms with van der Waals surface area (Å²) in [7, 11) is -6.25. The largest absolute Gasteiger partial charge is 0.495 e. The summed E-state index contributed by atoms with van der Waals surface area (Å²) in [5.74, 6) is -0.0718. The molecular weight excluding hydrogens is 410 g/mol. The summed E-state index contributed by atoms with van der Waals surface area (Å²) in [4.78, 5) is 0.0144. The predicted octanol–water partition coefficient (Wildman–Crippen LogP) is 3.78. The van der Waals surface area contributed by atoms with Crippen LogP contribution in [0, 0.1) is 6.92 Å². The van der Waals surface area contributed by atoms with Gasteiger partial charge in [0.15, 0.2) is 9.84 Å². The minimum absolute atomic E-state index is 0.0760. The van der Waals surface area contributed by atoms with Crippen molar-refractivity contribution in [2.45, 2.75) is 22.5 Å². The van der Waals surface area contributed by atoms with Crippen molar-refractivity contribution in [2.24, 2.45) is 0 Å². The van der Waals surface area contributed by atoms with E-state index in [2.05, 4.69) is 4.72 Å². The molecule has 0 heterocycles. The number of sulfonamides is 1. The Kier molecular flexibility index (Phi) is 5.95. The average Bonchev–Trinajstić information content (AvgIpc) is 2.68. The van der Waals surface area contributed by atoms with Gasteiger partial charge in [0.2, 0.25) is 0 Å². The van der Waals surface area contributed by atoms with Crippen molar-refractivity contribution in [2.75, 3.05) is 11.8 Å². The highest BCUT2D eigenvalue weighted by atomic mass is 32.2. The van der Waals surface area contributed by atoms with Crippen LogP contribution in [0.2, 0.25) is 0 Å². The Bertz CT molecular complexity index is 1200. The molecule has 29 heavy (non-hydrogen) atoms. The molecule has 0 aliphatic rings. The normalized spacial score (nSPS) is 11.8. The molecule has 0 aromatic heterocycles. The average molecular weight is 432 g/mol. The lowest BCUT2D eigenvalue weighted by Gasteiger charge is -2.13. The number of nitrogens with one attached hydrogen (secondary N) is 1. The maximum Gasteiger partial charge on any atom is 0.261 e. The summed E-state index contributed by atoms with van der Waals surface area (Å²) < 4.78 is 58.8. The van der Waals surface area contributed by atoms with Crippen LogP contribution in [0.15, 0.2) is 82.6 Å². The first-order valence-electron chi connectivity index (χ1n) is 8.75. The van der Waals surface area contributed by atoms with E-state index < -0.39 is 19.9 Å². The quantitative estimate of drug-likeness (QED) is 0.615. The Morgan fingerprint density at radius 2 is 1.52 bits per heavy atom. The molecule has 0 amide bonds. The number of methoxy groups -OCH3 is 1. The number of hydrogen-bond donors (Lipinski definition) is 1. The number of ether oxygens (including phenoxy) is 1. The van der Waals surface area contributed by atoms with Crippen molar-refractivity contribution in [1.29, 1.82) is 0 Å². The Labute approximate surface area is 171 Å². The first-order chi connectivity index (χ1) is 13.7. The van der Waals surface area contributed by atoms with Gasteiger partial charge in [0.05, 0.1) is 23.4 Å². The summed E-state index contributed by atoms with van der Waals surface area (Å²) in [5.41, 5.74) is 1.70. The van der Waals surface area contributed by atoms with Crippen LogP contribution in [0.25, 0.3) is 0 Å². The van der Waals surface area contributed by atoms with Crippen LogP contribution in [-0.4, -0.2) is 23.9 Å². The lowest BCUT2D eigenvalue weighted by atomic mass is 10.2. The number of anilines is 1. The molecule has 152 valence electrons. The lowest BCUT2D eigenvalue weighted by Crippen LogP contribution is -2.14. The van der Waals surface area contributed by atoms with Gasteiger partial charge in [-0.3, -0.25) is 4.72 Å². The van der Waals surface area contributed by atoms with E-state index in [1.54, 1.807) is 42.5 Å². The number of aryl methyl sites for hydroxylation is 1. The van der Waals surface area contributed by atoms with Crippen LogP contribution in [0.3, 0.4) is 0 Å². The molecule has 0 fully saturated rings. The van der Waals surface area contributed by atoms with Gasteiger partial charge < -0.3 is 4.74 Å². The van der Waals surface area contributed by atoms with Crippen LogP contribution < -0.4 is 9.46 Å². The Morgan fingerprint density at radius 1 is 0.862 bits per heavy atom. The molecule has 1 N–H and O–H groups in total. The molecule has 0 saturated carbocycles. The smallest absolute Gasteiger partial charge is 0.261 e. The minimum Gasteiger partial charge on any atom is -0.495 e. The van der Waals surface area contributed by atoms with Crippen molar-refractivity contribution < 1.29 is 21.6 Å². The molecular formula is C21H21NO5S2. The standard InChI is InChI=1S/C21H21NO5S2/c1-16-8-11-19(12-9-16)29(25,26)22-18-10-13-20(27-2)21(14-18)28(23,24)15-17-6-4-3-5-7-17/h3-14,22H,15H2,1-2H3. The zero-order valence-electron chi connectivity index (χ0n) is 16.0. The van der Waals surface area contributed by atoms with Crippen LogP contribution in [-0.2, 0) is 25.6 Å². The molecule has 0 spiro atoms. The fraction of sp³-hybridized carbons (Fsp3) is 0.143. The van der Waals surface area contributed by atoms with Crippen LogP contribution in [0.1, 0.15) is 11.1 Å². The van der Waals surface area contributed by atoms with E-state index in [1.807, 2.05) is 6.92 Å². The highest BCUT2D eigenvalue weighted by molar-refractivity contribution is 7.92. The Balaban J connectivity index is 1.95. The van der Waals surface area contributed by atoms with Gasteiger partial charge in [-0.15, -0.1) is 0 Å². The van der Waals surface area contributed by atoms with E-state index in [9.17, 15) is 16.8 Å². The highest BCUT2D eigenvalue weighted by Gasteiger charge is 2.22. The van der Waals surface area contributed by atoms with Crippen molar-refractivity contribution in [1.82, 2.24) is 0 Å². The van der Waals surface area contributed by atoms with E-state index in [1.165, 1.54) is 37.4 Å². The van der Waals surface area contributed by atoms with E-state index in [4.69, 9.17) is 4.74 Å². The Morgan fingerprint density at radius 3 is 2.14 bits per heavy atom. The van der Waals surface area contributed by atoms with Gasteiger partial charge in [-0.1, -0.05) is 48.0 Å². The van der Waals surface area contributed by atoms with E-state index in [-0.39, 0.29) is 27.0 Å². The SMILES string of the molecule is COc1ccc(NS(=O)(=O)c2ccc(C)cc2)cc1S(=O)(=O)Cc1ccccc1. The van der Waals surface area contributed by atoms with Gasteiger partial charge in [0, 0.05) is 0 Å². The molecule has 0 aliphatic carbocycles. The van der Waals surface area contributed by atoms with Crippen molar-refractivity contribution >= 4 is 25.5 Å². The summed E-state index contributed by atoms with van der Waals surface area (Å²) in [6, 6.07) is 19.3. The van der Waals surface area contributed by atoms with Gasteiger partial charge >= 0.3 is 0 Å². The van der Waals surface area contributed by atoms with Gasteiger partial charge in [-0.25, -0.2) is 16.8 Å². The molecule has 0 aliphatic heterocycles. The van der Waals surface area contributed by atoms with Crippen molar-refractivity contribution in [3.8, 4) is 5.75 Å². The second-order valence-corrected chi connectivity index (χ2v) is 10.2. The van der Waals surface area contributed by atoms with E-state index in [0.717, 1.165) is 5.56 Å². The van der Waals surface area contributed by atoms with Crippen LogP contribution in [0.4, 0.5) is 5.69 Å². The van der Waals surface area contributed by atoms with Gasteiger partial charge in [-0.2, -0.15) is 0 Å². The Hall–Kier alpha value is -2.84. The third-order valence-electron chi connectivity index (χ3n) is 4.28. The summed E-state index contributed by atoms with van der Waals surface area (Å²) in [6.07, 6.45) is 0. The first-order valence-corrected chi connectivity index (χ1v) is 11.9. The fourth-order valence-corrected chi connectivity index (χ4v) is 5.39. The lowest BCUT2D eigenvalue weighted by molar-refractivity contribution is 0.403. The molecule has 3 rings (SSSR count). The molecule has 3 aromatic carbocycles. The molecule has 0 bridgehead atoms. The third kappa shape index (κ3) is 4.96. The molecule has 8 heteroatoms. The number of rotatable bonds is 7. The van der Waals surface area contributed by atoms with E-state index >= 15 is 0 Å². The summed E-state index contributed by atoms with van der Waals surface area (Å²) >= 11 is 0. The zero-order valence-corrected chi connectivity index (χ0v) is 17.6. The van der Waals surface area contributed by atoms with Gasteiger partial charge in [-0.05, 0) is 42.8 Å². The maximum absolute atomic E-state index is 12.9. The topological polar surface area (TPSA) is 89.5 Å². The monoisotopic (exact) mass is 431 g/mol. The second-order valence-electron chi connectivity index (χ2n) is 6.53. The predicted molar refractivity (Wildman–Crippen MR) is 112 cm³/mol. The van der Waals surface area contributed by atoms with Gasteiger partial charge in [0.25, 0.3) is 10.0 Å². The van der Waals surface area contributed by atoms with E-state index in [0.29, 0.717) is 5.56 Å². The minimum atomic E-state index is -3.86. The first kappa shape index (κ1) is 20.9. The highest BCUT2D eigenvalue weighted by Crippen LogP contribution is 2.30. The van der Waals surface area contributed by atoms with Crippen molar-refractivity contribution in [3.05, 3.63) is 83.9 Å². The van der Waals surface area contributed by atoms with Crippen molar-refractivity contribution in [3.63, 3.8) is 0 Å². The molecule has 0 saturated heterocycles. The fourth-order valence-electron chi connectivity index (χ4n) is 2.79. The summed E-state index contributed by atoms with van der Waals surface area (Å²) in [5, 5.41) is 0. The van der Waals surface area contributed by atoms with Crippen LogP contribution in [0.5, 0.6) is 5.75 Å². The number of sulfone groups is 1.